The number of carbonyl (C=O) groups is 2. The Morgan fingerprint density at radius 2 is 1.73 bits per heavy atom. The highest BCUT2D eigenvalue weighted by atomic mass is 16.7. The summed E-state index contributed by atoms with van der Waals surface area (Å²) in [6, 6.07) is 10.4. The number of benzene rings is 2. The number of rotatable bonds is 20. The zero-order valence-corrected chi connectivity index (χ0v) is 35.8. The number of aldehydes is 1. The Labute approximate surface area is 350 Å². The SMILES string of the molecule is C=CCO[C@@]12Oc3ccc(Oc4ccc(OC)c(C=O)c4)cc3[C@H]3[C@H](CCCCO)[C@@H](CCCCO)C=C(C(=NOC(C)(C)C)C[C@@H]1N(C)C(=O)CCC1CCCC1)[C@H]32. The molecule has 2 fully saturated rings. The highest BCUT2D eigenvalue weighted by Crippen LogP contribution is 2.62. The van der Waals surface area contributed by atoms with Gasteiger partial charge in [-0.25, -0.2) is 0 Å². The van der Waals surface area contributed by atoms with Gasteiger partial charge in [0.25, 0.3) is 0 Å². The Morgan fingerprint density at radius 1 is 1.02 bits per heavy atom. The molecule has 11 heteroatoms. The van der Waals surface area contributed by atoms with Gasteiger partial charge in [-0.1, -0.05) is 55.8 Å². The summed E-state index contributed by atoms with van der Waals surface area (Å²) in [5.41, 5.74) is 2.53. The van der Waals surface area contributed by atoms with E-state index in [1.54, 1.807) is 24.3 Å². The van der Waals surface area contributed by atoms with Crippen LogP contribution in [0.15, 0.2) is 65.9 Å². The minimum atomic E-state index is -1.31. The lowest BCUT2D eigenvalue weighted by molar-refractivity contribution is -0.255. The van der Waals surface area contributed by atoms with Crippen molar-refractivity contribution >= 4 is 17.9 Å². The van der Waals surface area contributed by atoms with Gasteiger partial charge >= 0.3 is 0 Å². The number of likely N-dealkylation sites (N-methyl/N-ethyl adjacent to an activating group) is 1. The van der Waals surface area contributed by atoms with Crippen molar-refractivity contribution in [3.05, 3.63) is 71.8 Å². The summed E-state index contributed by atoms with van der Waals surface area (Å²) in [4.78, 5) is 34.3. The molecule has 1 aliphatic heterocycles. The first-order valence-electron chi connectivity index (χ1n) is 21.8. The average molecular weight is 815 g/mol. The molecule has 59 heavy (non-hydrogen) atoms. The Hall–Kier alpha value is -4.19. The highest BCUT2D eigenvalue weighted by molar-refractivity contribution is 6.03. The molecular formula is C48H66N2O9. The van der Waals surface area contributed by atoms with Crippen molar-refractivity contribution in [3.8, 4) is 23.0 Å². The molecule has 6 atom stereocenters. The molecule has 2 aromatic carbocycles. The molecule has 11 nitrogen and oxygen atoms in total. The number of fused-ring (bicyclic) bond motifs is 2. The molecule has 0 saturated heterocycles. The maximum absolute atomic E-state index is 14.4. The Balaban J connectivity index is 1.53. The fourth-order valence-corrected chi connectivity index (χ4v) is 9.96. The van der Waals surface area contributed by atoms with Gasteiger partial charge in [-0.05, 0) is 113 Å². The number of methoxy groups -OCH3 is 1. The van der Waals surface area contributed by atoms with Gasteiger partial charge in [0.2, 0.25) is 11.7 Å². The topological polar surface area (TPSA) is 136 Å². The van der Waals surface area contributed by atoms with E-state index in [9.17, 15) is 19.8 Å². The number of hydrogen-bond acceptors (Lipinski definition) is 10. The Morgan fingerprint density at radius 3 is 2.41 bits per heavy atom. The molecule has 322 valence electrons. The van der Waals surface area contributed by atoms with Gasteiger partial charge in [0, 0.05) is 44.6 Å². The number of aliphatic hydroxyl groups is 2. The van der Waals surface area contributed by atoms with E-state index < -0.39 is 23.3 Å². The van der Waals surface area contributed by atoms with Crippen LogP contribution in [0.1, 0.15) is 126 Å². The molecule has 3 aliphatic carbocycles. The number of amides is 1. The van der Waals surface area contributed by atoms with E-state index in [4.69, 9.17) is 28.9 Å². The lowest BCUT2D eigenvalue weighted by Gasteiger charge is -2.59. The molecule has 1 heterocycles. The fourth-order valence-electron chi connectivity index (χ4n) is 9.96. The van der Waals surface area contributed by atoms with Crippen LogP contribution in [0.3, 0.4) is 0 Å². The number of hydrogen-bond donors (Lipinski definition) is 2. The quantitative estimate of drug-likeness (QED) is 0.0581. The molecule has 1 amide bonds. The second-order valence-electron chi connectivity index (χ2n) is 17.8. The number of unbranched alkanes of at least 4 members (excludes halogenated alkanes) is 2. The van der Waals surface area contributed by atoms with Crippen LogP contribution < -0.4 is 14.2 Å². The van der Waals surface area contributed by atoms with Crippen LogP contribution in [0, 0.1) is 23.7 Å². The highest BCUT2D eigenvalue weighted by Gasteiger charge is 2.65. The first-order valence-corrected chi connectivity index (χ1v) is 21.8. The zero-order chi connectivity index (χ0) is 42.2. The summed E-state index contributed by atoms with van der Waals surface area (Å²) < 4.78 is 26.2. The second kappa shape index (κ2) is 19.9. The van der Waals surface area contributed by atoms with Crippen LogP contribution in [0.4, 0.5) is 0 Å². The van der Waals surface area contributed by atoms with Gasteiger partial charge in [-0.3, -0.25) is 9.59 Å². The smallest absolute Gasteiger partial charge is 0.239 e. The second-order valence-corrected chi connectivity index (χ2v) is 17.8. The minimum Gasteiger partial charge on any atom is -0.496 e. The molecule has 6 rings (SSSR count). The van der Waals surface area contributed by atoms with Gasteiger partial charge in [-0.15, -0.1) is 6.58 Å². The van der Waals surface area contributed by atoms with Gasteiger partial charge < -0.3 is 38.9 Å². The lowest BCUT2D eigenvalue weighted by Crippen LogP contribution is -2.69. The van der Waals surface area contributed by atoms with Crippen LogP contribution in [0.25, 0.3) is 0 Å². The third-order valence-corrected chi connectivity index (χ3v) is 12.7. The monoisotopic (exact) mass is 814 g/mol. The predicted molar refractivity (Wildman–Crippen MR) is 228 cm³/mol. The zero-order valence-electron chi connectivity index (χ0n) is 35.8. The molecule has 2 N–H and O–H groups in total. The number of carbonyl (C=O) groups excluding carboxylic acids is 2. The van der Waals surface area contributed by atoms with E-state index in [-0.39, 0.29) is 43.5 Å². The van der Waals surface area contributed by atoms with E-state index in [1.807, 2.05) is 50.9 Å². The fraction of sp³-hybridized carbons (Fsp3) is 0.604. The van der Waals surface area contributed by atoms with Gasteiger partial charge in [-0.2, -0.15) is 0 Å². The van der Waals surface area contributed by atoms with Crippen LogP contribution in [-0.4, -0.2) is 84.4 Å². The van der Waals surface area contributed by atoms with E-state index in [2.05, 4.69) is 12.7 Å². The van der Waals surface area contributed by atoms with Crippen molar-refractivity contribution in [1.29, 1.82) is 0 Å². The minimum absolute atomic E-state index is 0.0491. The molecule has 0 spiro atoms. The van der Waals surface area contributed by atoms with E-state index in [0.717, 1.165) is 55.2 Å². The first-order chi connectivity index (χ1) is 28.5. The third-order valence-electron chi connectivity index (χ3n) is 12.7. The Kier molecular flexibility index (Phi) is 15.0. The Bertz CT molecular complexity index is 1830. The van der Waals surface area contributed by atoms with Gasteiger partial charge in [0.15, 0.2) is 6.29 Å². The van der Waals surface area contributed by atoms with Crippen molar-refractivity contribution in [3.63, 3.8) is 0 Å². The van der Waals surface area contributed by atoms with Crippen molar-refractivity contribution in [2.75, 3.05) is 34.0 Å². The number of nitrogens with zero attached hydrogens (tertiary/aromatic N) is 2. The number of oxime groups is 1. The van der Waals surface area contributed by atoms with E-state index in [1.165, 1.54) is 32.8 Å². The van der Waals surface area contributed by atoms with Crippen LogP contribution in [0.2, 0.25) is 0 Å². The molecule has 0 unspecified atom stereocenters. The summed E-state index contributed by atoms with van der Waals surface area (Å²) in [7, 11) is 3.40. The summed E-state index contributed by atoms with van der Waals surface area (Å²) in [6.07, 6.45) is 16.0. The van der Waals surface area contributed by atoms with Crippen LogP contribution in [0.5, 0.6) is 23.0 Å². The summed E-state index contributed by atoms with van der Waals surface area (Å²) in [5, 5.41) is 24.7. The molecule has 4 aliphatic rings. The van der Waals surface area contributed by atoms with Crippen molar-refractivity contribution in [2.24, 2.45) is 28.8 Å². The maximum Gasteiger partial charge on any atom is 0.239 e. The molecular weight excluding hydrogens is 749 g/mol. The van der Waals surface area contributed by atoms with Gasteiger partial charge in [0.05, 0.1) is 30.9 Å². The molecule has 2 aromatic rings. The van der Waals surface area contributed by atoms with E-state index >= 15 is 0 Å². The first kappa shape index (κ1) is 44.4. The molecule has 2 saturated carbocycles. The molecule has 0 radical (unpaired) electrons. The lowest BCUT2D eigenvalue weighted by atomic mass is 9.55. The van der Waals surface area contributed by atoms with E-state index in [0.29, 0.717) is 60.2 Å². The normalized spacial score (nSPS) is 25.6. The maximum atomic E-state index is 14.4. The summed E-state index contributed by atoms with van der Waals surface area (Å²) >= 11 is 0. The van der Waals surface area contributed by atoms with Crippen LogP contribution >= 0.6 is 0 Å². The average Bonchev–Trinajstić information content (AvgIpc) is 3.76. The van der Waals surface area contributed by atoms with Gasteiger partial charge in [0.1, 0.15) is 34.6 Å². The largest absolute Gasteiger partial charge is 0.496 e. The van der Waals surface area contributed by atoms with Crippen molar-refractivity contribution in [1.82, 2.24) is 4.90 Å². The van der Waals surface area contributed by atoms with Crippen LogP contribution in [-0.2, 0) is 14.4 Å². The number of allylic oxidation sites excluding steroid dienone is 1. The number of ether oxygens (including phenoxy) is 4. The third kappa shape index (κ3) is 10.1. The molecule has 0 aromatic heterocycles. The van der Waals surface area contributed by atoms with Crippen molar-refractivity contribution in [2.45, 2.75) is 128 Å². The predicted octanol–water partition coefficient (Wildman–Crippen LogP) is 9.16. The summed E-state index contributed by atoms with van der Waals surface area (Å²) in [5.74, 6) is 1.07. The summed E-state index contributed by atoms with van der Waals surface area (Å²) in [6.45, 7) is 10.4. The molecule has 0 bridgehead atoms. The van der Waals surface area contributed by atoms with Crippen molar-refractivity contribution < 1.29 is 43.6 Å². The standard InChI is InChI=1S/C48H66N2O9/c1-7-26-56-48-43(50(5)44(54)23-18-32-14-8-9-15-32)30-40(49-59-47(2,3)4)38-28-33(16-10-12-24-51)37(17-11-13-25-52)45(46(38)48)39-29-36(20-22-42(39)58-48)57-35-19-21-41(55-6)34(27-35)31-53/h7,19-22,27-29,31-33,37,43,45-46,51-52H,1,8-18,23-26,30H2,2-6H3/t33-,37+,43-,45+,46+,48+/m0/s1. The number of aliphatic hydroxyl groups excluding tert-OH is 2.